The van der Waals surface area contributed by atoms with Crippen LogP contribution in [0.15, 0.2) is 79.1 Å². The number of rotatable bonds is 9. The van der Waals surface area contributed by atoms with Crippen molar-refractivity contribution in [3.63, 3.8) is 0 Å². The Hall–Kier alpha value is -3.47. The van der Waals surface area contributed by atoms with Crippen LogP contribution in [0, 0.1) is 11.7 Å². The Bertz CT molecular complexity index is 1000. The summed E-state index contributed by atoms with van der Waals surface area (Å²) in [5.74, 6) is 0.790. The molecule has 0 N–H and O–H groups in total. The van der Waals surface area contributed by atoms with Gasteiger partial charge in [-0.05, 0) is 65.1 Å². The molecule has 160 valence electrons. The minimum atomic E-state index is -0.331. The van der Waals surface area contributed by atoms with Gasteiger partial charge < -0.3 is 9.64 Å². The molecule has 0 unspecified atom stereocenters. The fraction of sp³-hybridized carbons (Fsp3) is 0.231. The first-order valence-corrected chi connectivity index (χ1v) is 10.3. The van der Waals surface area contributed by atoms with Crippen LogP contribution in [-0.2, 0) is 17.9 Å². The van der Waals surface area contributed by atoms with E-state index in [2.05, 4.69) is 18.8 Å². The Morgan fingerprint density at radius 2 is 1.71 bits per heavy atom. The largest absolute Gasteiger partial charge is 0.493 e. The first-order valence-electron chi connectivity index (χ1n) is 10.3. The Morgan fingerprint density at radius 3 is 2.35 bits per heavy atom. The van der Waals surface area contributed by atoms with Crippen LogP contribution in [0.25, 0.3) is 6.08 Å². The summed E-state index contributed by atoms with van der Waals surface area (Å²) in [4.78, 5) is 18.7. The number of ether oxygens (including phenoxy) is 1. The molecule has 31 heavy (non-hydrogen) atoms. The number of carbonyl (C=O) groups is 1. The van der Waals surface area contributed by atoms with Crippen molar-refractivity contribution in [3.05, 3.63) is 102 Å². The summed E-state index contributed by atoms with van der Waals surface area (Å²) >= 11 is 0. The van der Waals surface area contributed by atoms with Gasteiger partial charge in [0.15, 0.2) is 0 Å². The summed E-state index contributed by atoms with van der Waals surface area (Å²) in [5, 5.41) is 0. The minimum absolute atomic E-state index is 0.152. The number of aromatic nitrogens is 1. The summed E-state index contributed by atoms with van der Waals surface area (Å²) in [6.07, 6.45) is 6.53. The number of carbonyl (C=O) groups excluding carboxylic acids is 1. The smallest absolute Gasteiger partial charge is 0.247 e. The van der Waals surface area contributed by atoms with Crippen LogP contribution in [0.5, 0.6) is 5.75 Å². The van der Waals surface area contributed by atoms with Crippen molar-refractivity contribution in [3.8, 4) is 5.75 Å². The second-order valence-corrected chi connectivity index (χ2v) is 7.79. The van der Waals surface area contributed by atoms with E-state index >= 15 is 0 Å². The van der Waals surface area contributed by atoms with E-state index in [0.29, 0.717) is 31.2 Å². The zero-order valence-electron chi connectivity index (χ0n) is 17.9. The van der Waals surface area contributed by atoms with Gasteiger partial charge in [0.2, 0.25) is 5.91 Å². The van der Waals surface area contributed by atoms with Crippen LogP contribution in [-0.4, -0.2) is 22.4 Å². The van der Waals surface area contributed by atoms with Crippen molar-refractivity contribution in [1.29, 1.82) is 0 Å². The van der Waals surface area contributed by atoms with Gasteiger partial charge in [-0.25, -0.2) is 4.39 Å². The molecule has 0 aliphatic heterocycles. The fourth-order valence-electron chi connectivity index (χ4n) is 2.98. The van der Waals surface area contributed by atoms with E-state index < -0.39 is 0 Å². The maximum Gasteiger partial charge on any atom is 0.247 e. The number of amides is 1. The SMILES string of the molecule is CC(C)COc1ccc(CN(Cc2ccncc2)C(=O)C=Cc2cccc(F)c2)cc1. The lowest BCUT2D eigenvalue weighted by Crippen LogP contribution is -2.28. The third kappa shape index (κ3) is 7.37. The maximum atomic E-state index is 13.4. The van der Waals surface area contributed by atoms with Gasteiger partial charge in [0.1, 0.15) is 11.6 Å². The molecule has 3 rings (SSSR count). The van der Waals surface area contributed by atoms with Crippen LogP contribution in [0.1, 0.15) is 30.5 Å². The van der Waals surface area contributed by atoms with Gasteiger partial charge in [-0.15, -0.1) is 0 Å². The molecule has 1 aromatic heterocycles. The molecule has 3 aromatic rings. The topological polar surface area (TPSA) is 42.4 Å². The molecule has 0 radical (unpaired) electrons. The van der Waals surface area contributed by atoms with Gasteiger partial charge in [0.05, 0.1) is 6.61 Å². The van der Waals surface area contributed by atoms with Crippen molar-refractivity contribution in [2.24, 2.45) is 5.92 Å². The number of halogens is 1. The van der Waals surface area contributed by atoms with Gasteiger partial charge in [-0.3, -0.25) is 9.78 Å². The maximum absolute atomic E-state index is 13.4. The lowest BCUT2D eigenvalue weighted by molar-refractivity contribution is -0.127. The average molecular weight is 419 g/mol. The molecule has 0 atom stereocenters. The van der Waals surface area contributed by atoms with E-state index in [1.807, 2.05) is 36.4 Å². The second-order valence-electron chi connectivity index (χ2n) is 7.79. The molecule has 1 heterocycles. The van der Waals surface area contributed by atoms with Crippen molar-refractivity contribution in [2.45, 2.75) is 26.9 Å². The quantitative estimate of drug-likeness (QED) is 0.431. The highest BCUT2D eigenvalue weighted by atomic mass is 19.1. The lowest BCUT2D eigenvalue weighted by Gasteiger charge is -2.22. The standard InChI is InChI=1S/C26H27FN2O2/c1-20(2)19-31-25-9-6-22(7-10-25)17-29(18-23-12-14-28-15-13-23)26(30)11-8-21-4-3-5-24(27)16-21/h3-16,20H,17-19H2,1-2H3. The van der Waals surface area contributed by atoms with Gasteiger partial charge in [0, 0.05) is 31.6 Å². The number of nitrogens with zero attached hydrogens (tertiary/aromatic N) is 2. The van der Waals surface area contributed by atoms with Crippen molar-refractivity contribution in [1.82, 2.24) is 9.88 Å². The van der Waals surface area contributed by atoms with E-state index in [4.69, 9.17) is 4.74 Å². The third-order valence-electron chi connectivity index (χ3n) is 4.58. The molecule has 0 spiro atoms. The van der Waals surface area contributed by atoms with E-state index in [9.17, 15) is 9.18 Å². The zero-order valence-corrected chi connectivity index (χ0v) is 17.9. The van der Waals surface area contributed by atoms with Crippen molar-refractivity contribution < 1.29 is 13.9 Å². The van der Waals surface area contributed by atoms with Crippen LogP contribution in [0.2, 0.25) is 0 Å². The molecular formula is C26H27FN2O2. The summed E-state index contributed by atoms with van der Waals surface area (Å²) < 4.78 is 19.1. The summed E-state index contributed by atoms with van der Waals surface area (Å²) in [6, 6.07) is 17.7. The first-order chi connectivity index (χ1) is 15.0. The molecule has 0 bridgehead atoms. The number of hydrogen-bond acceptors (Lipinski definition) is 3. The molecule has 0 fully saturated rings. The van der Waals surface area contributed by atoms with E-state index in [0.717, 1.165) is 16.9 Å². The fourth-order valence-corrected chi connectivity index (χ4v) is 2.98. The second kappa shape index (κ2) is 11.1. The van der Waals surface area contributed by atoms with Crippen LogP contribution >= 0.6 is 0 Å². The van der Waals surface area contributed by atoms with Crippen LogP contribution in [0.4, 0.5) is 4.39 Å². The van der Waals surface area contributed by atoms with Crippen molar-refractivity contribution >= 4 is 12.0 Å². The van der Waals surface area contributed by atoms with Gasteiger partial charge in [-0.2, -0.15) is 0 Å². The lowest BCUT2D eigenvalue weighted by atomic mass is 10.1. The average Bonchev–Trinajstić information content (AvgIpc) is 2.77. The molecule has 0 aliphatic rings. The van der Waals surface area contributed by atoms with E-state index in [-0.39, 0.29) is 11.7 Å². The van der Waals surface area contributed by atoms with Gasteiger partial charge >= 0.3 is 0 Å². The highest BCUT2D eigenvalue weighted by molar-refractivity contribution is 5.91. The Morgan fingerprint density at radius 1 is 1.03 bits per heavy atom. The van der Waals surface area contributed by atoms with Crippen LogP contribution in [0.3, 0.4) is 0 Å². The molecule has 0 saturated heterocycles. The monoisotopic (exact) mass is 418 g/mol. The predicted octanol–water partition coefficient (Wildman–Crippen LogP) is 5.50. The normalized spacial score (nSPS) is 11.1. The summed E-state index contributed by atoms with van der Waals surface area (Å²) in [6.45, 7) is 5.76. The highest BCUT2D eigenvalue weighted by Crippen LogP contribution is 2.17. The number of pyridine rings is 1. The van der Waals surface area contributed by atoms with Gasteiger partial charge in [0.25, 0.3) is 0 Å². The first kappa shape index (κ1) is 22.2. The van der Waals surface area contributed by atoms with Crippen LogP contribution < -0.4 is 4.74 Å². The highest BCUT2D eigenvalue weighted by Gasteiger charge is 2.13. The number of hydrogen-bond donors (Lipinski definition) is 0. The van der Waals surface area contributed by atoms with Crippen molar-refractivity contribution in [2.75, 3.05) is 6.61 Å². The predicted molar refractivity (Wildman–Crippen MR) is 121 cm³/mol. The molecule has 0 aliphatic carbocycles. The minimum Gasteiger partial charge on any atom is -0.493 e. The Labute approximate surface area is 183 Å². The molecule has 2 aromatic carbocycles. The molecule has 5 heteroatoms. The van der Waals surface area contributed by atoms with E-state index in [1.54, 1.807) is 35.5 Å². The summed E-state index contributed by atoms with van der Waals surface area (Å²) in [7, 11) is 0. The third-order valence-corrected chi connectivity index (χ3v) is 4.58. The molecular weight excluding hydrogens is 391 g/mol. The molecule has 4 nitrogen and oxygen atoms in total. The molecule has 1 amide bonds. The number of benzene rings is 2. The molecule has 0 saturated carbocycles. The van der Waals surface area contributed by atoms with Gasteiger partial charge in [-0.1, -0.05) is 38.1 Å². The van der Waals surface area contributed by atoms with E-state index in [1.165, 1.54) is 18.2 Å². The summed E-state index contributed by atoms with van der Waals surface area (Å²) in [5.41, 5.74) is 2.63. The Balaban J connectivity index is 1.73. The Kier molecular flexibility index (Phi) is 7.93. The zero-order chi connectivity index (χ0) is 22.1.